The Balaban J connectivity index is 2.01. The van der Waals surface area contributed by atoms with Crippen LogP contribution in [-0.4, -0.2) is 17.2 Å². The van der Waals surface area contributed by atoms with Crippen LogP contribution in [0.25, 0.3) is 19.5 Å². The molecule has 90 valence electrons. The van der Waals surface area contributed by atoms with E-state index in [0.717, 1.165) is 9.75 Å². The molecule has 3 rings (SSSR count). The molecule has 3 heterocycles. The first-order valence-electron chi connectivity index (χ1n) is 5.33. The quantitative estimate of drug-likeness (QED) is 0.729. The third-order valence-electron chi connectivity index (χ3n) is 2.57. The summed E-state index contributed by atoms with van der Waals surface area (Å²) in [6.07, 6.45) is 0. The van der Waals surface area contributed by atoms with Crippen molar-refractivity contribution in [2.45, 2.75) is 0 Å². The Morgan fingerprint density at radius 1 is 0.833 bits per heavy atom. The first kappa shape index (κ1) is 12.1. The highest BCUT2D eigenvalue weighted by atomic mass is 32.1. The summed E-state index contributed by atoms with van der Waals surface area (Å²) in [5, 5.41) is 22.6. The van der Waals surface area contributed by atoms with E-state index < -0.39 is 7.12 Å². The van der Waals surface area contributed by atoms with E-state index in [4.69, 9.17) is 0 Å². The molecule has 0 unspecified atom stereocenters. The molecule has 0 amide bonds. The second-order valence-corrected chi connectivity index (χ2v) is 6.67. The molecule has 2 nitrogen and oxygen atoms in total. The smallest absolute Gasteiger partial charge is 0.423 e. The molecule has 0 aliphatic rings. The summed E-state index contributed by atoms with van der Waals surface area (Å²) in [7, 11) is -1.40. The van der Waals surface area contributed by atoms with E-state index in [-0.39, 0.29) is 0 Å². The zero-order chi connectivity index (χ0) is 12.5. The molecule has 0 aromatic carbocycles. The lowest BCUT2D eigenvalue weighted by Crippen LogP contribution is -2.29. The second-order valence-electron chi connectivity index (χ2n) is 3.72. The second kappa shape index (κ2) is 4.99. The molecule has 0 aliphatic heterocycles. The fraction of sp³-hybridized carbons (Fsp3) is 0. The van der Waals surface area contributed by atoms with Crippen molar-refractivity contribution >= 4 is 46.6 Å². The monoisotopic (exact) mass is 292 g/mol. The Labute approximate surface area is 117 Å². The lowest BCUT2D eigenvalue weighted by Gasteiger charge is -1.99. The molecule has 0 atom stereocenters. The van der Waals surface area contributed by atoms with Gasteiger partial charge in [0.05, 0.1) is 0 Å². The van der Waals surface area contributed by atoms with Crippen LogP contribution in [0.3, 0.4) is 0 Å². The van der Waals surface area contributed by atoms with Crippen molar-refractivity contribution in [1.29, 1.82) is 0 Å². The first-order valence-corrected chi connectivity index (χ1v) is 7.91. The van der Waals surface area contributed by atoms with Gasteiger partial charge in [0.1, 0.15) is 0 Å². The predicted octanol–water partition coefficient (Wildman–Crippen LogP) is 2.88. The average Bonchev–Trinajstić information content (AvgIpc) is 3.10. The van der Waals surface area contributed by atoms with Crippen LogP contribution in [0.2, 0.25) is 0 Å². The lowest BCUT2D eigenvalue weighted by molar-refractivity contribution is 0.426. The highest BCUT2D eigenvalue weighted by Gasteiger charge is 2.19. The molecule has 0 fully saturated rings. The molecule has 0 saturated heterocycles. The molecule has 6 heteroatoms. The van der Waals surface area contributed by atoms with Gasteiger partial charge in [0.15, 0.2) is 0 Å². The molecule has 0 bridgehead atoms. The van der Waals surface area contributed by atoms with E-state index in [1.165, 1.54) is 21.1 Å². The third-order valence-corrected chi connectivity index (χ3v) is 5.83. The molecular weight excluding hydrogens is 283 g/mol. The van der Waals surface area contributed by atoms with Gasteiger partial charge < -0.3 is 10.0 Å². The van der Waals surface area contributed by atoms with E-state index in [0.29, 0.717) is 5.46 Å². The molecule has 0 aliphatic carbocycles. The van der Waals surface area contributed by atoms with Crippen LogP contribution in [-0.2, 0) is 0 Å². The fourth-order valence-electron chi connectivity index (χ4n) is 1.73. The minimum atomic E-state index is -1.40. The van der Waals surface area contributed by atoms with Gasteiger partial charge in [0.2, 0.25) is 0 Å². The summed E-state index contributed by atoms with van der Waals surface area (Å²) in [6.45, 7) is 0. The topological polar surface area (TPSA) is 40.5 Å². The maximum absolute atomic E-state index is 9.31. The number of thiophene rings is 3. The third kappa shape index (κ3) is 2.18. The zero-order valence-corrected chi connectivity index (χ0v) is 11.7. The standard InChI is InChI=1S/C12H9BO2S3/c14-13(15)8-5-7-17-12(8)11-4-3-10(18-11)9-2-1-6-16-9/h1-7,14-15H. The van der Waals surface area contributed by atoms with E-state index >= 15 is 0 Å². The number of rotatable bonds is 3. The molecule has 3 aromatic heterocycles. The van der Waals surface area contributed by atoms with Gasteiger partial charge in [0.25, 0.3) is 0 Å². The van der Waals surface area contributed by atoms with E-state index in [9.17, 15) is 10.0 Å². The maximum atomic E-state index is 9.31. The van der Waals surface area contributed by atoms with Gasteiger partial charge in [0, 0.05) is 25.0 Å². The van der Waals surface area contributed by atoms with Gasteiger partial charge in [-0.3, -0.25) is 0 Å². The average molecular weight is 292 g/mol. The van der Waals surface area contributed by atoms with E-state index in [1.807, 2.05) is 17.5 Å². The van der Waals surface area contributed by atoms with Crippen molar-refractivity contribution in [2.24, 2.45) is 0 Å². The van der Waals surface area contributed by atoms with Crippen LogP contribution in [0.5, 0.6) is 0 Å². The highest BCUT2D eigenvalue weighted by Crippen LogP contribution is 2.37. The van der Waals surface area contributed by atoms with Gasteiger partial charge in [-0.25, -0.2) is 0 Å². The molecule has 3 aromatic rings. The maximum Gasteiger partial charge on any atom is 0.489 e. The largest absolute Gasteiger partial charge is 0.489 e. The Morgan fingerprint density at radius 2 is 1.67 bits per heavy atom. The van der Waals surface area contributed by atoms with Crippen LogP contribution in [0.4, 0.5) is 0 Å². The van der Waals surface area contributed by atoms with Crippen LogP contribution in [0.15, 0.2) is 41.1 Å². The van der Waals surface area contributed by atoms with Gasteiger partial charge in [-0.1, -0.05) is 12.1 Å². The molecule has 0 spiro atoms. The Hall–Kier alpha value is -0.915. The number of hydrogen-bond acceptors (Lipinski definition) is 5. The van der Waals surface area contributed by atoms with E-state index in [2.05, 4.69) is 17.5 Å². The predicted molar refractivity (Wildman–Crippen MR) is 80.8 cm³/mol. The zero-order valence-electron chi connectivity index (χ0n) is 9.24. The van der Waals surface area contributed by atoms with Crippen molar-refractivity contribution in [1.82, 2.24) is 0 Å². The van der Waals surface area contributed by atoms with Crippen molar-refractivity contribution in [3.05, 3.63) is 41.1 Å². The van der Waals surface area contributed by atoms with Gasteiger partial charge in [-0.05, 0) is 29.0 Å². The van der Waals surface area contributed by atoms with Crippen LogP contribution >= 0.6 is 34.0 Å². The summed E-state index contributed by atoms with van der Waals surface area (Å²) in [4.78, 5) is 4.48. The summed E-state index contributed by atoms with van der Waals surface area (Å²) in [5.41, 5.74) is 0.583. The lowest BCUT2D eigenvalue weighted by atomic mass is 9.80. The van der Waals surface area contributed by atoms with Crippen molar-refractivity contribution in [2.75, 3.05) is 0 Å². The van der Waals surface area contributed by atoms with E-state index in [1.54, 1.807) is 28.7 Å². The first-order chi connectivity index (χ1) is 8.75. The molecule has 2 N–H and O–H groups in total. The van der Waals surface area contributed by atoms with Crippen LogP contribution in [0.1, 0.15) is 0 Å². The van der Waals surface area contributed by atoms with Crippen LogP contribution < -0.4 is 5.46 Å². The van der Waals surface area contributed by atoms with Crippen molar-refractivity contribution in [3.63, 3.8) is 0 Å². The normalized spacial score (nSPS) is 10.8. The highest BCUT2D eigenvalue weighted by molar-refractivity contribution is 7.26. The minimum absolute atomic E-state index is 0.583. The number of hydrogen-bond donors (Lipinski definition) is 2. The van der Waals surface area contributed by atoms with Crippen molar-refractivity contribution < 1.29 is 10.0 Å². The van der Waals surface area contributed by atoms with Crippen molar-refractivity contribution in [3.8, 4) is 19.5 Å². The minimum Gasteiger partial charge on any atom is -0.423 e. The molecule has 0 radical (unpaired) electrons. The fourth-order valence-corrected chi connectivity index (χ4v) is 4.65. The Bertz CT molecular complexity index is 640. The molecular formula is C12H9BO2S3. The Morgan fingerprint density at radius 3 is 2.39 bits per heavy atom. The van der Waals surface area contributed by atoms with Gasteiger partial charge >= 0.3 is 7.12 Å². The molecule has 18 heavy (non-hydrogen) atoms. The van der Waals surface area contributed by atoms with Gasteiger partial charge in [-0.2, -0.15) is 0 Å². The summed E-state index contributed by atoms with van der Waals surface area (Å²) in [5.74, 6) is 0. The van der Waals surface area contributed by atoms with Crippen LogP contribution in [0, 0.1) is 0 Å². The summed E-state index contributed by atoms with van der Waals surface area (Å²) < 4.78 is 0. The molecule has 0 saturated carbocycles. The summed E-state index contributed by atoms with van der Waals surface area (Å²) >= 11 is 4.93. The Kier molecular flexibility index (Phi) is 3.36. The van der Waals surface area contributed by atoms with Gasteiger partial charge in [-0.15, -0.1) is 34.0 Å². The summed E-state index contributed by atoms with van der Waals surface area (Å²) in [6, 6.07) is 10.0. The SMILES string of the molecule is OB(O)c1ccsc1-c1ccc(-c2cccs2)s1.